The normalized spacial score (nSPS) is 10.4. The fourth-order valence-corrected chi connectivity index (χ4v) is 3.44. The summed E-state index contributed by atoms with van der Waals surface area (Å²) in [6.45, 7) is 3.77. The molecular weight excluding hydrogens is 312 g/mol. The minimum absolute atomic E-state index is 0.126. The van der Waals surface area contributed by atoms with Crippen LogP contribution in [0.2, 0.25) is 0 Å². The molecular formula is C13H12N2O4S2. The van der Waals surface area contributed by atoms with Gasteiger partial charge in [0.15, 0.2) is 4.34 Å². The molecule has 110 valence electrons. The van der Waals surface area contributed by atoms with Crippen LogP contribution in [0.4, 0.5) is 5.69 Å². The van der Waals surface area contributed by atoms with Crippen molar-refractivity contribution in [3.05, 3.63) is 45.0 Å². The zero-order chi connectivity index (χ0) is 15.4. The number of thiazole rings is 1. The molecule has 1 heterocycles. The number of ether oxygens (including phenoxy) is 1. The highest BCUT2D eigenvalue weighted by atomic mass is 32.2. The van der Waals surface area contributed by atoms with Gasteiger partial charge >= 0.3 is 5.97 Å². The van der Waals surface area contributed by atoms with Crippen LogP contribution >= 0.6 is 23.1 Å². The lowest BCUT2D eigenvalue weighted by atomic mass is 10.2. The van der Waals surface area contributed by atoms with Gasteiger partial charge in [-0.25, -0.2) is 9.78 Å². The summed E-state index contributed by atoms with van der Waals surface area (Å²) in [5, 5.41) is 13.0. The molecule has 6 nitrogen and oxygen atoms in total. The van der Waals surface area contributed by atoms with Gasteiger partial charge < -0.3 is 4.74 Å². The van der Waals surface area contributed by atoms with Gasteiger partial charge in [0.05, 0.1) is 22.0 Å². The Kier molecular flexibility index (Phi) is 4.92. The van der Waals surface area contributed by atoms with Crippen molar-refractivity contribution in [2.75, 3.05) is 6.61 Å². The molecule has 0 N–H and O–H groups in total. The minimum atomic E-state index is -0.567. The van der Waals surface area contributed by atoms with Gasteiger partial charge in [-0.15, -0.1) is 11.3 Å². The Morgan fingerprint density at radius 3 is 2.86 bits per heavy atom. The van der Waals surface area contributed by atoms with Crippen LogP contribution in [0.25, 0.3) is 0 Å². The van der Waals surface area contributed by atoms with Gasteiger partial charge in [0.1, 0.15) is 0 Å². The van der Waals surface area contributed by atoms with Gasteiger partial charge in [0.25, 0.3) is 5.69 Å². The third-order valence-electron chi connectivity index (χ3n) is 2.46. The van der Waals surface area contributed by atoms with E-state index in [2.05, 4.69) is 4.98 Å². The van der Waals surface area contributed by atoms with Crippen molar-refractivity contribution < 1.29 is 14.5 Å². The highest BCUT2D eigenvalue weighted by molar-refractivity contribution is 8.01. The molecule has 0 atom stereocenters. The van der Waals surface area contributed by atoms with Crippen molar-refractivity contribution in [2.24, 2.45) is 0 Å². The van der Waals surface area contributed by atoms with E-state index in [9.17, 15) is 14.9 Å². The number of hydrogen-bond donors (Lipinski definition) is 0. The highest BCUT2D eigenvalue weighted by Crippen LogP contribution is 2.36. The molecule has 0 saturated heterocycles. The first-order valence-electron chi connectivity index (χ1n) is 6.06. The van der Waals surface area contributed by atoms with Crippen molar-refractivity contribution in [3.8, 4) is 0 Å². The number of aromatic nitrogens is 1. The first-order valence-corrected chi connectivity index (χ1v) is 7.76. The van der Waals surface area contributed by atoms with E-state index in [1.165, 1.54) is 35.2 Å². The Labute approximate surface area is 129 Å². The number of rotatable bonds is 5. The molecule has 2 rings (SSSR count). The van der Waals surface area contributed by atoms with Gasteiger partial charge in [0, 0.05) is 17.1 Å². The molecule has 0 aliphatic rings. The van der Waals surface area contributed by atoms with E-state index in [-0.39, 0.29) is 17.9 Å². The third-order valence-corrected chi connectivity index (χ3v) is 4.58. The minimum Gasteiger partial charge on any atom is -0.462 e. The van der Waals surface area contributed by atoms with Crippen LogP contribution in [-0.4, -0.2) is 22.5 Å². The standard InChI is InChI=1S/C13H12N2O4S2/c1-3-19-12(16)9-4-5-11(10(6-9)15(17)18)21-13-14-8(2)7-20-13/h4-7H,3H2,1-2H3. The average Bonchev–Trinajstić information content (AvgIpc) is 2.84. The monoisotopic (exact) mass is 324 g/mol. The fourth-order valence-electron chi connectivity index (χ4n) is 1.56. The van der Waals surface area contributed by atoms with Crippen molar-refractivity contribution in [2.45, 2.75) is 23.1 Å². The number of esters is 1. The molecule has 1 aromatic carbocycles. The fraction of sp³-hybridized carbons (Fsp3) is 0.231. The van der Waals surface area contributed by atoms with Crippen molar-refractivity contribution in [3.63, 3.8) is 0 Å². The van der Waals surface area contributed by atoms with E-state index in [1.54, 1.807) is 13.0 Å². The summed E-state index contributed by atoms with van der Waals surface area (Å²) >= 11 is 2.63. The van der Waals surface area contributed by atoms with E-state index < -0.39 is 10.9 Å². The number of hydrogen-bond acceptors (Lipinski definition) is 7. The predicted molar refractivity (Wildman–Crippen MR) is 80.0 cm³/mol. The summed E-state index contributed by atoms with van der Waals surface area (Å²) in [4.78, 5) is 27.0. The molecule has 0 amide bonds. The summed E-state index contributed by atoms with van der Waals surface area (Å²) < 4.78 is 5.57. The lowest BCUT2D eigenvalue weighted by molar-refractivity contribution is -0.387. The molecule has 0 saturated carbocycles. The second kappa shape index (κ2) is 6.68. The highest BCUT2D eigenvalue weighted by Gasteiger charge is 2.19. The largest absolute Gasteiger partial charge is 0.462 e. The van der Waals surface area contributed by atoms with Gasteiger partial charge in [-0.05, 0) is 26.0 Å². The maximum Gasteiger partial charge on any atom is 0.338 e. The Bertz CT molecular complexity index is 685. The maximum absolute atomic E-state index is 11.6. The van der Waals surface area contributed by atoms with Crippen molar-refractivity contribution in [1.29, 1.82) is 0 Å². The predicted octanol–water partition coefficient (Wildman–Crippen LogP) is 3.69. The molecule has 21 heavy (non-hydrogen) atoms. The average molecular weight is 324 g/mol. The first kappa shape index (κ1) is 15.5. The Hall–Kier alpha value is -1.93. The number of nitro benzene ring substituents is 1. The number of nitro groups is 1. The Morgan fingerprint density at radius 1 is 1.52 bits per heavy atom. The molecule has 0 radical (unpaired) electrons. The lowest BCUT2D eigenvalue weighted by Crippen LogP contribution is -2.05. The first-order chi connectivity index (χ1) is 10.0. The van der Waals surface area contributed by atoms with Crippen LogP contribution in [0, 0.1) is 17.0 Å². The van der Waals surface area contributed by atoms with Crippen LogP contribution < -0.4 is 0 Å². The summed E-state index contributed by atoms with van der Waals surface area (Å²) in [7, 11) is 0. The number of nitrogens with zero attached hydrogens (tertiary/aromatic N) is 2. The van der Waals surface area contributed by atoms with Crippen LogP contribution in [0.15, 0.2) is 32.8 Å². The number of benzene rings is 1. The summed E-state index contributed by atoms with van der Waals surface area (Å²) in [6.07, 6.45) is 0. The topological polar surface area (TPSA) is 82.3 Å². The number of carbonyl (C=O) groups is 1. The van der Waals surface area contributed by atoms with Gasteiger partial charge in [-0.3, -0.25) is 10.1 Å². The van der Waals surface area contributed by atoms with Crippen LogP contribution in [0.3, 0.4) is 0 Å². The summed E-state index contributed by atoms with van der Waals surface area (Å²) in [6, 6.07) is 4.31. The van der Waals surface area contributed by atoms with Crippen LogP contribution in [0.1, 0.15) is 23.0 Å². The zero-order valence-corrected chi connectivity index (χ0v) is 13.0. The van der Waals surface area contributed by atoms with E-state index in [4.69, 9.17) is 4.74 Å². The molecule has 0 bridgehead atoms. The molecule has 0 spiro atoms. The third kappa shape index (κ3) is 3.79. The van der Waals surface area contributed by atoms with Crippen molar-refractivity contribution >= 4 is 34.8 Å². The molecule has 8 heteroatoms. The van der Waals surface area contributed by atoms with Crippen molar-refractivity contribution in [1.82, 2.24) is 4.98 Å². The summed E-state index contributed by atoms with van der Waals surface area (Å²) in [5.74, 6) is -0.567. The quantitative estimate of drug-likeness (QED) is 0.474. The maximum atomic E-state index is 11.6. The Morgan fingerprint density at radius 2 is 2.29 bits per heavy atom. The second-order valence-corrected chi connectivity index (χ2v) is 6.16. The zero-order valence-electron chi connectivity index (χ0n) is 11.4. The van der Waals surface area contributed by atoms with Gasteiger partial charge in [-0.2, -0.15) is 0 Å². The molecule has 2 aromatic rings. The molecule has 0 unspecified atom stereocenters. The summed E-state index contributed by atoms with van der Waals surface area (Å²) in [5.41, 5.74) is 0.912. The molecule has 0 aliphatic carbocycles. The van der Waals surface area contributed by atoms with Crippen LogP contribution in [0.5, 0.6) is 0 Å². The van der Waals surface area contributed by atoms with Crippen LogP contribution in [-0.2, 0) is 4.74 Å². The van der Waals surface area contributed by atoms with Gasteiger partial charge in [-0.1, -0.05) is 11.8 Å². The molecule has 0 fully saturated rings. The SMILES string of the molecule is CCOC(=O)c1ccc(Sc2nc(C)cs2)c([N+](=O)[O-])c1. The molecule has 0 aliphatic heterocycles. The number of aryl methyl sites for hydroxylation is 1. The molecule has 1 aromatic heterocycles. The number of carbonyl (C=O) groups excluding carboxylic acids is 1. The smallest absolute Gasteiger partial charge is 0.338 e. The van der Waals surface area contributed by atoms with E-state index in [0.717, 1.165) is 10.0 Å². The lowest BCUT2D eigenvalue weighted by Gasteiger charge is -2.04. The Balaban J connectivity index is 2.33. The van der Waals surface area contributed by atoms with E-state index in [1.807, 2.05) is 12.3 Å². The van der Waals surface area contributed by atoms with Gasteiger partial charge in [0.2, 0.25) is 0 Å². The van der Waals surface area contributed by atoms with E-state index >= 15 is 0 Å². The van der Waals surface area contributed by atoms with E-state index in [0.29, 0.717) is 4.90 Å². The second-order valence-electron chi connectivity index (χ2n) is 4.02.